The minimum atomic E-state index is -0.589. The Morgan fingerprint density at radius 1 is 1.06 bits per heavy atom. The van der Waals surface area contributed by atoms with E-state index in [4.69, 9.17) is 4.74 Å². The molecule has 172 valence electrons. The summed E-state index contributed by atoms with van der Waals surface area (Å²) in [6.45, 7) is 9.45. The first-order valence-electron chi connectivity index (χ1n) is 11.4. The van der Waals surface area contributed by atoms with E-state index in [9.17, 15) is 9.50 Å². The van der Waals surface area contributed by atoms with Crippen molar-refractivity contribution in [2.45, 2.75) is 46.4 Å². The molecule has 32 heavy (non-hydrogen) atoms. The van der Waals surface area contributed by atoms with Crippen molar-refractivity contribution in [3.05, 3.63) is 89.5 Å². The summed E-state index contributed by atoms with van der Waals surface area (Å²) in [6, 6.07) is 18.7. The number of ether oxygens (including phenoxy) is 1. The molecule has 0 saturated carbocycles. The maximum absolute atomic E-state index is 13.6. The predicted octanol–water partition coefficient (Wildman–Crippen LogP) is 5.27. The van der Waals surface area contributed by atoms with Gasteiger partial charge in [0.05, 0.1) is 0 Å². The summed E-state index contributed by atoms with van der Waals surface area (Å²) < 4.78 is 21.6. The van der Waals surface area contributed by atoms with Gasteiger partial charge in [0.1, 0.15) is 24.3 Å². The normalized spacial score (nSPS) is 12.5. The van der Waals surface area contributed by atoms with Crippen LogP contribution in [-0.4, -0.2) is 40.4 Å². The van der Waals surface area contributed by atoms with Crippen LogP contribution in [0.3, 0.4) is 0 Å². The molecule has 0 radical (unpaired) electrons. The highest BCUT2D eigenvalue weighted by molar-refractivity contribution is 5.31. The van der Waals surface area contributed by atoms with Gasteiger partial charge in [0.25, 0.3) is 0 Å². The maximum Gasteiger partial charge on any atom is 0.123 e. The van der Waals surface area contributed by atoms with Crippen molar-refractivity contribution in [2.75, 3.05) is 19.7 Å². The zero-order valence-electron chi connectivity index (χ0n) is 19.4. The maximum atomic E-state index is 13.6. The Hall–Kier alpha value is -2.63. The largest absolute Gasteiger partial charge is 0.491 e. The first-order valence-corrected chi connectivity index (χ1v) is 11.4. The van der Waals surface area contributed by atoms with E-state index in [1.807, 2.05) is 49.5 Å². The van der Waals surface area contributed by atoms with E-state index in [1.165, 1.54) is 6.07 Å². The van der Waals surface area contributed by atoms with Crippen molar-refractivity contribution in [3.8, 4) is 5.75 Å². The molecule has 0 saturated heterocycles. The number of para-hydroxylation sites is 1. The van der Waals surface area contributed by atoms with Crippen LogP contribution in [0.5, 0.6) is 5.75 Å². The molecule has 1 aromatic heterocycles. The van der Waals surface area contributed by atoms with Crippen molar-refractivity contribution in [2.24, 2.45) is 5.92 Å². The van der Waals surface area contributed by atoms with E-state index in [0.29, 0.717) is 19.0 Å². The van der Waals surface area contributed by atoms with Gasteiger partial charge in [0, 0.05) is 31.5 Å². The summed E-state index contributed by atoms with van der Waals surface area (Å²) >= 11 is 0. The number of hydrogen-bond acceptors (Lipinski definition) is 3. The average molecular weight is 439 g/mol. The van der Waals surface area contributed by atoms with Gasteiger partial charge in [-0.1, -0.05) is 44.2 Å². The summed E-state index contributed by atoms with van der Waals surface area (Å²) in [4.78, 5) is 2.28. The minimum Gasteiger partial charge on any atom is -0.491 e. The summed E-state index contributed by atoms with van der Waals surface area (Å²) in [6.07, 6.45) is 2.49. The monoisotopic (exact) mass is 438 g/mol. The molecule has 0 unspecified atom stereocenters. The Morgan fingerprint density at radius 3 is 2.62 bits per heavy atom. The second-order valence-electron chi connectivity index (χ2n) is 8.91. The first-order chi connectivity index (χ1) is 15.4. The zero-order chi connectivity index (χ0) is 22.9. The number of benzene rings is 2. The van der Waals surface area contributed by atoms with Gasteiger partial charge < -0.3 is 14.4 Å². The molecule has 1 atom stereocenters. The van der Waals surface area contributed by atoms with Crippen molar-refractivity contribution in [1.82, 2.24) is 9.47 Å². The van der Waals surface area contributed by atoms with Gasteiger partial charge in [-0.3, -0.25) is 4.90 Å². The van der Waals surface area contributed by atoms with Gasteiger partial charge in [0.15, 0.2) is 0 Å². The lowest BCUT2D eigenvalue weighted by Crippen LogP contribution is -2.36. The standard InChI is InChI=1S/C27H35FN2O2/c1-21(2)13-15-29(19-26(31)20-32-27-12-5-4-8-22(27)3)18-25-11-7-14-30(25)17-23-9-6-10-24(28)16-23/h4-12,14,16,21,26,31H,13,15,17-20H2,1-3H3/t26-/m0/s1. The lowest BCUT2D eigenvalue weighted by atomic mass is 10.1. The second kappa shape index (κ2) is 11.8. The SMILES string of the molecule is Cc1ccccc1OC[C@@H](O)CN(CCC(C)C)Cc1cccn1Cc1cccc(F)c1. The number of nitrogens with zero attached hydrogens (tertiary/aromatic N) is 2. The first kappa shape index (κ1) is 24.0. The Bertz CT molecular complexity index is 970. The third kappa shape index (κ3) is 7.50. The molecule has 4 nitrogen and oxygen atoms in total. The van der Waals surface area contributed by atoms with Crippen LogP contribution in [0.1, 0.15) is 37.1 Å². The highest BCUT2D eigenvalue weighted by Gasteiger charge is 2.16. The third-order valence-electron chi connectivity index (χ3n) is 5.57. The van der Waals surface area contributed by atoms with Crippen molar-refractivity contribution >= 4 is 0 Å². The number of aliphatic hydroxyl groups is 1. The van der Waals surface area contributed by atoms with Gasteiger partial charge in [0.2, 0.25) is 0 Å². The molecular formula is C27H35FN2O2. The second-order valence-corrected chi connectivity index (χ2v) is 8.91. The van der Waals surface area contributed by atoms with Gasteiger partial charge in [-0.15, -0.1) is 0 Å². The van der Waals surface area contributed by atoms with Gasteiger partial charge in [-0.2, -0.15) is 0 Å². The molecule has 0 amide bonds. The molecule has 0 fully saturated rings. The minimum absolute atomic E-state index is 0.216. The molecule has 5 heteroatoms. The number of aryl methyl sites for hydroxylation is 1. The topological polar surface area (TPSA) is 37.6 Å². The van der Waals surface area contributed by atoms with E-state index in [-0.39, 0.29) is 12.4 Å². The fraction of sp³-hybridized carbons (Fsp3) is 0.407. The summed E-state index contributed by atoms with van der Waals surface area (Å²) in [5.74, 6) is 1.17. The Morgan fingerprint density at radius 2 is 1.88 bits per heavy atom. The molecule has 1 N–H and O–H groups in total. The number of aromatic nitrogens is 1. The van der Waals surface area contributed by atoms with Crippen LogP contribution in [0.15, 0.2) is 66.9 Å². The fourth-order valence-electron chi connectivity index (χ4n) is 3.74. The number of hydrogen-bond donors (Lipinski definition) is 1. The van der Waals surface area contributed by atoms with Gasteiger partial charge >= 0.3 is 0 Å². The summed E-state index contributed by atoms with van der Waals surface area (Å²) in [7, 11) is 0. The molecule has 0 aliphatic heterocycles. The molecule has 0 bridgehead atoms. The van der Waals surface area contributed by atoms with E-state index in [2.05, 4.69) is 29.4 Å². The Labute approximate surface area is 191 Å². The van der Waals surface area contributed by atoms with Crippen LogP contribution in [-0.2, 0) is 13.1 Å². The molecule has 3 rings (SSSR count). The van der Waals surface area contributed by atoms with Crippen LogP contribution in [0.4, 0.5) is 4.39 Å². The number of aliphatic hydroxyl groups excluding tert-OH is 1. The van der Waals surface area contributed by atoms with Crippen LogP contribution < -0.4 is 4.74 Å². The molecule has 0 spiro atoms. The van der Waals surface area contributed by atoms with Crippen molar-refractivity contribution in [3.63, 3.8) is 0 Å². The average Bonchev–Trinajstić information content (AvgIpc) is 3.18. The lowest BCUT2D eigenvalue weighted by Gasteiger charge is -2.26. The van der Waals surface area contributed by atoms with Gasteiger partial charge in [-0.05, 0) is 67.3 Å². The molecule has 0 aliphatic carbocycles. The molecule has 3 aromatic rings. The zero-order valence-corrected chi connectivity index (χ0v) is 19.4. The number of halogens is 1. The molecular weight excluding hydrogens is 403 g/mol. The van der Waals surface area contributed by atoms with E-state index in [1.54, 1.807) is 12.1 Å². The summed E-state index contributed by atoms with van der Waals surface area (Å²) in [5, 5.41) is 10.7. The summed E-state index contributed by atoms with van der Waals surface area (Å²) in [5.41, 5.74) is 3.14. The third-order valence-corrected chi connectivity index (χ3v) is 5.57. The van der Waals surface area contributed by atoms with E-state index in [0.717, 1.165) is 42.1 Å². The van der Waals surface area contributed by atoms with Gasteiger partial charge in [-0.25, -0.2) is 4.39 Å². The quantitative estimate of drug-likeness (QED) is 0.418. The lowest BCUT2D eigenvalue weighted by molar-refractivity contribution is 0.0629. The molecule has 2 aromatic carbocycles. The van der Waals surface area contributed by atoms with Crippen LogP contribution in [0, 0.1) is 18.7 Å². The fourth-order valence-corrected chi connectivity index (χ4v) is 3.74. The Balaban J connectivity index is 1.63. The van der Waals surface area contributed by atoms with Crippen molar-refractivity contribution < 1.29 is 14.2 Å². The van der Waals surface area contributed by atoms with Crippen LogP contribution in [0.2, 0.25) is 0 Å². The van der Waals surface area contributed by atoms with Crippen LogP contribution >= 0.6 is 0 Å². The highest BCUT2D eigenvalue weighted by Crippen LogP contribution is 2.17. The molecule has 0 aliphatic rings. The predicted molar refractivity (Wildman–Crippen MR) is 127 cm³/mol. The smallest absolute Gasteiger partial charge is 0.123 e. The molecule has 1 heterocycles. The Kier molecular flexibility index (Phi) is 8.89. The van der Waals surface area contributed by atoms with Crippen molar-refractivity contribution in [1.29, 1.82) is 0 Å². The highest BCUT2D eigenvalue weighted by atomic mass is 19.1. The van der Waals surface area contributed by atoms with Crippen LogP contribution in [0.25, 0.3) is 0 Å². The van der Waals surface area contributed by atoms with E-state index < -0.39 is 6.10 Å². The van der Waals surface area contributed by atoms with E-state index >= 15 is 0 Å². The number of rotatable bonds is 12.